The van der Waals surface area contributed by atoms with Crippen LogP contribution in [0.25, 0.3) is 10.8 Å². The van der Waals surface area contributed by atoms with Crippen LogP contribution in [-0.4, -0.2) is 13.2 Å². The summed E-state index contributed by atoms with van der Waals surface area (Å²) < 4.78 is 5.42. The minimum Gasteiger partial charge on any atom is -0.497 e. The zero-order valence-corrected chi connectivity index (χ0v) is 16.3. The molecule has 0 saturated heterocycles. The Kier molecular flexibility index (Phi) is 5.45. The van der Waals surface area contributed by atoms with Crippen molar-refractivity contribution in [3.05, 3.63) is 77.9 Å². The smallest absolute Gasteiger partial charge is 0.119 e. The van der Waals surface area contributed by atoms with Crippen molar-refractivity contribution in [1.82, 2.24) is 5.32 Å². The first kappa shape index (κ1) is 18.1. The van der Waals surface area contributed by atoms with Crippen molar-refractivity contribution in [2.45, 2.75) is 50.6 Å². The molecule has 0 spiro atoms. The molecule has 1 aliphatic rings. The third-order valence-electron chi connectivity index (χ3n) is 6.01. The maximum Gasteiger partial charge on any atom is 0.119 e. The fourth-order valence-corrected chi connectivity index (χ4v) is 4.61. The molecule has 1 saturated carbocycles. The van der Waals surface area contributed by atoms with E-state index < -0.39 is 0 Å². The van der Waals surface area contributed by atoms with Crippen molar-refractivity contribution < 1.29 is 4.74 Å². The lowest BCUT2D eigenvalue weighted by atomic mass is 9.81. The number of ether oxygens (including phenoxy) is 1. The van der Waals surface area contributed by atoms with Gasteiger partial charge in [-0.3, -0.25) is 0 Å². The summed E-state index contributed by atoms with van der Waals surface area (Å²) in [6, 6.07) is 24.9. The second kappa shape index (κ2) is 8.14. The largest absolute Gasteiger partial charge is 0.497 e. The number of nitrogens with one attached hydrogen (secondary N) is 1. The topological polar surface area (TPSA) is 21.3 Å². The lowest BCUT2D eigenvalue weighted by Gasteiger charge is -2.32. The van der Waals surface area contributed by atoms with E-state index in [1.54, 1.807) is 7.11 Å². The van der Waals surface area contributed by atoms with Crippen LogP contribution in [0.2, 0.25) is 0 Å². The molecule has 1 N–H and O–H groups in total. The minimum atomic E-state index is 0.352. The Hall–Kier alpha value is -2.32. The van der Waals surface area contributed by atoms with Crippen LogP contribution in [-0.2, 0) is 0 Å². The molecule has 140 valence electrons. The molecule has 1 aliphatic carbocycles. The van der Waals surface area contributed by atoms with Crippen molar-refractivity contribution in [1.29, 1.82) is 0 Å². The van der Waals surface area contributed by atoms with Crippen LogP contribution in [0.15, 0.2) is 66.7 Å². The number of rotatable bonds is 5. The molecule has 1 fully saturated rings. The highest BCUT2D eigenvalue weighted by Crippen LogP contribution is 2.35. The van der Waals surface area contributed by atoms with Crippen LogP contribution in [0.3, 0.4) is 0 Å². The highest BCUT2D eigenvalue weighted by molar-refractivity contribution is 5.86. The van der Waals surface area contributed by atoms with E-state index in [-0.39, 0.29) is 0 Å². The Labute approximate surface area is 162 Å². The predicted molar refractivity (Wildman–Crippen MR) is 113 cm³/mol. The van der Waals surface area contributed by atoms with E-state index in [2.05, 4.69) is 72.9 Å². The molecule has 0 bridgehead atoms. The lowest BCUT2D eigenvalue weighted by Crippen LogP contribution is -2.35. The van der Waals surface area contributed by atoms with E-state index in [4.69, 9.17) is 4.74 Å². The SMILES string of the molecule is COc1cccc([C@@H]2CCC[C@@H](N[C@@H](C)c3cccc4ccccc34)C2)c1. The number of hydrogen-bond donors (Lipinski definition) is 1. The van der Waals surface area contributed by atoms with Gasteiger partial charge in [0, 0.05) is 12.1 Å². The quantitative estimate of drug-likeness (QED) is 0.583. The number of benzene rings is 3. The highest BCUT2D eigenvalue weighted by atomic mass is 16.5. The summed E-state index contributed by atoms with van der Waals surface area (Å²) in [7, 11) is 1.75. The second-order valence-corrected chi connectivity index (χ2v) is 7.79. The Morgan fingerprint density at radius 3 is 2.67 bits per heavy atom. The first-order chi connectivity index (χ1) is 13.2. The predicted octanol–water partition coefficient (Wildman–Crippen LogP) is 6.23. The first-order valence-corrected chi connectivity index (χ1v) is 10.1. The van der Waals surface area contributed by atoms with E-state index in [1.807, 2.05) is 6.07 Å². The van der Waals surface area contributed by atoms with Crippen LogP contribution in [0.5, 0.6) is 5.75 Å². The summed E-state index contributed by atoms with van der Waals surface area (Å²) in [4.78, 5) is 0. The Morgan fingerprint density at radius 2 is 1.78 bits per heavy atom. The molecule has 2 nitrogen and oxygen atoms in total. The van der Waals surface area contributed by atoms with Crippen molar-refractivity contribution in [3.63, 3.8) is 0 Å². The van der Waals surface area contributed by atoms with Gasteiger partial charge in [0.2, 0.25) is 0 Å². The third-order valence-corrected chi connectivity index (χ3v) is 6.01. The normalized spacial score (nSPS) is 21.1. The molecule has 3 atom stereocenters. The maximum atomic E-state index is 5.42. The van der Waals surface area contributed by atoms with E-state index in [0.717, 1.165) is 5.75 Å². The van der Waals surface area contributed by atoms with Crippen molar-refractivity contribution in [2.75, 3.05) is 7.11 Å². The molecule has 0 aliphatic heterocycles. The van der Waals surface area contributed by atoms with Gasteiger partial charge in [0.15, 0.2) is 0 Å². The van der Waals surface area contributed by atoms with Crippen molar-refractivity contribution in [3.8, 4) is 5.75 Å². The van der Waals surface area contributed by atoms with E-state index >= 15 is 0 Å². The van der Waals surface area contributed by atoms with Crippen LogP contribution in [0.1, 0.15) is 55.7 Å². The fraction of sp³-hybridized carbons (Fsp3) is 0.360. The second-order valence-electron chi connectivity index (χ2n) is 7.79. The van der Waals surface area contributed by atoms with Crippen molar-refractivity contribution in [2.24, 2.45) is 0 Å². The van der Waals surface area contributed by atoms with E-state index in [9.17, 15) is 0 Å². The summed E-state index contributed by atoms with van der Waals surface area (Å²) in [6.45, 7) is 2.30. The van der Waals surface area contributed by atoms with Gasteiger partial charge < -0.3 is 10.1 Å². The number of fused-ring (bicyclic) bond motifs is 1. The Bertz CT molecular complexity index is 898. The molecule has 27 heavy (non-hydrogen) atoms. The molecule has 0 amide bonds. The molecular formula is C25H29NO. The molecule has 0 heterocycles. The van der Waals surface area contributed by atoms with Gasteiger partial charge in [0.1, 0.15) is 5.75 Å². The zero-order valence-electron chi connectivity index (χ0n) is 16.3. The van der Waals surface area contributed by atoms with Gasteiger partial charge in [-0.15, -0.1) is 0 Å². The Balaban J connectivity index is 1.48. The van der Waals surface area contributed by atoms with Gasteiger partial charge in [0.25, 0.3) is 0 Å². The fourth-order valence-electron chi connectivity index (χ4n) is 4.61. The maximum absolute atomic E-state index is 5.42. The molecule has 4 rings (SSSR count). The molecule has 0 aromatic heterocycles. The number of methoxy groups -OCH3 is 1. The zero-order chi connectivity index (χ0) is 18.6. The van der Waals surface area contributed by atoms with Crippen LogP contribution >= 0.6 is 0 Å². The monoisotopic (exact) mass is 359 g/mol. The van der Waals surface area contributed by atoms with Crippen molar-refractivity contribution >= 4 is 10.8 Å². The summed E-state index contributed by atoms with van der Waals surface area (Å²) >= 11 is 0. The average molecular weight is 360 g/mol. The first-order valence-electron chi connectivity index (χ1n) is 10.1. The van der Waals surface area contributed by atoms with Crippen LogP contribution in [0, 0.1) is 0 Å². The molecule has 2 heteroatoms. The van der Waals surface area contributed by atoms with Gasteiger partial charge >= 0.3 is 0 Å². The molecule has 0 unspecified atom stereocenters. The van der Waals surface area contributed by atoms with Gasteiger partial charge in [-0.25, -0.2) is 0 Å². The summed E-state index contributed by atoms with van der Waals surface area (Å²) in [6.07, 6.45) is 5.01. The van der Waals surface area contributed by atoms with Gasteiger partial charge in [0.05, 0.1) is 7.11 Å². The minimum absolute atomic E-state index is 0.352. The van der Waals surface area contributed by atoms with Gasteiger partial charge in [-0.1, -0.05) is 61.0 Å². The molecular weight excluding hydrogens is 330 g/mol. The summed E-state index contributed by atoms with van der Waals surface area (Å²) in [5, 5.41) is 6.61. The molecule has 3 aromatic rings. The van der Waals surface area contributed by atoms with E-state index in [1.165, 1.54) is 47.6 Å². The summed E-state index contributed by atoms with van der Waals surface area (Å²) in [5.74, 6) is 1.58. The highest BCUT2D eigenvalue weighted by Gasteiger charge is 2.25. The van der Waals surface area contributed by atoms with Gasteiger partial charge in [-0.05, 0) is 66.1 Å². The van der Waals surface area contributed by atoms with Crippen LogP contribution < -0.4 is 10.1 Å². The Morgan fingerprint density at radius 1 is 0.963 bits per heavy atom. The molecule has 0 radical (unpaired) electrons. The van der Waals surface area contributed by atoms with Gasteiger partial charge in [-0.2, -0.15) is 0 Å². The molecule has 3 aromatic carbocycles. The van der Waals surface area contributed by atoms with E-state index in [0.29, 0.717) is 18.0 Å². The standard InChI is InChI=1S/C25H29NO/c1-18(24-15-7-9-19-8-3-4-14-25(19)24)26-22-12-5-10-20(16-22)21-11-6-13-23(17-21)27-2/h3-4,6-9,11,13-15,17-18,20,22,26H,5,10,12,16H2,1-2H3/t18-,20+,22+/m0/s1. The number of hydrogen-bond acceptors (Lipinski definition) is 2. The van der Waals surface area contributed by atoms with Crippen LogP contribution in [0.4, 0.5) is 0 Å². The summed E-state index contributed by atoms with van der Waals surface area (Å²) in [5.41, 5.74) is 2.82. The average Bonchev–Trinajstić information content (AvgIpc) is 2.73. The lowest BCUT2D eigenvalue weighted by molar-refractivity contribution is 0.318. The third kappa shape index (κ3) is 4.01.